The zero-order valence-electron chi connectivity index (χ0n) is 6.69. The standard InChI is InChI=1S/C7H11N3S2/c8-7-10-9-6(12-7)5-2-1-3-11-4-5/h5H,1-4H2,(H2,8,10). The quantitative estimate of drug-likeness (QED) is 0.752. The second-order valence-corrected chi connectivity index (χ2v) is 5.08. The van der Waals surface area contributed by atoms with Gasteiger partial charge in [0.2, 0.25) is 5.13 Å². The van der Waals surface area contributed by atoms with E-state index in [-0.39, 0.29) is 0 Å². The predicted octanol–water partition coefficient (Wildman–Crippen LogP) is 1.73. The molecule has 1 aliphatic rings. The lowest BCUT2D eigenvalue weighted by atomic mass is 10.1. The number of nitrogens with zero attached hydrogens (tertiary/aromatic N) is 2. The van der Waals surface area contributed by atoms with E-state index in [1.807, 2.05) is 11.8 Å². The van der Waals surface area contributed by atoms with Gasteiger partial charge in [0.05, 0.1) is 0 Å². The van der Waals surface area contributed by atoms with Crippen molar-refractivity contribution in [3.63, 3.8) is 0 Å². The SMILES string of the molecule is Nc1nnc(C2CCCSC2)s1. The Hall–Kier alpha value is -0.290. The topological polar surface area (TPSA) is 51.8 Å². The minimum absolute atomic E-state index is 0.598. The highest BCUT2D eigenvalue weighted by molar-refractivity contribution is 7.99. The number of nitrogens with two attached hydrogens (primary N) is 1. The van der Waals surface area contributed by atoms with Crippen molar-refractivity contribution < 1.29 is 0 Å². The van der Waals surface area contributed by atoms with Crippen LogP contribution in [0.15, 0.2) is 0 Å². The number of nitrogen functional groups attached to an aromatic ring is 1. The highest BCUT2D eigenvalue weighted by Gasteiger charge is 2.19. The van der Waals surface area contributed by atoms with Gasteiger partial charge in [-0.25, -0.2) is 0 Å². The monoisotopic (exact) mass is 201 g/mol. The van der Waals surface area contributed by atoms with Crippen molar-refractivity contribution in [3.8, 4) is 0 Å². The van der Waals surface area contributed by atoms with E-state index < -0.39 is 0 Å². The van der Waals surface area contributed by atoms with E-state index in [9.17, 15) is 0 Å². The molecule has 1 aromatic heterocycles. The molecule has 0 radical (unpaired) electrons. The fourth-order valence-electron chi connectivity index (χ4n) is 1.35. The molecule has 1 saturated heterocycles. The first-order valence-corrected chi connectivity index (χ1v) is 6.00. The van der Waals surface area contributed by atoms with Crippen molar-refractivity contribution in [3.05, 3.63) is 5.01 Å². The van der Waals surface area contributed by atoms with Crippen molar-refractivity contribution in [1.82, 2.24) is 10.2 Å². The molecule has 1 aromatic rings. The summed E-state index contributed by atoms with van der Waals surface area (Å²) in [5, 5.41) is 9.62. The molecule has 2 rings (SSSR count). The van der Waals surface area contributed by atoms with Crippen LogP contribution >= 0.6 is 23.1 Å². The van der Waals surface area contributed by atoms with Crippen LogP contribution in [0.4, 0.5) is 5.13 Å². The molecule has 2 N–H and O–H groups in total. The zero-order valence-corrected chi connectivity index (χ0v) is 8.33. The Bertz CT molecular complexity index is 255. The summed E-state index contributed by atoms with van der Waals surface area (Å²) in [4.78, 5) is 0. The van der Waals surface area contributed by atoms with Crippen LogP contribution < -0.4 is 5.73 Å². The smallest absolute Gasteiger partial charge is 0.203 e. The van der Waals surface area contributed by atoms with Crippen LogP contribution in [0, 0.1) is 0 Å². The summed E-state index contributed by atoms with van der Waals surface area (Å²) in [6.45, 7) is 0. The van der Waals surface area contributed by atoms with Crippen LogP contribution in [0.3, 0.4) is 0 Å². The van der Waals surface area contributed by atoms with Gasteiger partial charge in [-0.3, -0.25) is 0 Å². The molecule has 0 bridgehead atoms. The van der Waals surface area contributed by atoms with Crippen LogP contribution in [0.25, 0.3) is 0 Å². The summed E-state index contributed by atoms with van der Waals surface area (Å²) in [7, 11) is 0. The van der Waals surface area contributed by atoms with E-state index in [1.54, 1.807) is 0 Å². The van der Waals surface area contributed by atoms with Crippen LogP contribution in [0.5, 0.6) is 0 Å². The first-order chi connectivity index (χ1) is 5.86. The number of anilines is 1. The van der Waals surface area contributed by atoms with E-state index in [1.165, 1.54) is 35.7 Å². The summed E-state index contributed by atoms with van der Waals surface area (Å²) >= 11 is 3.54. The molecule has 3 nitrogen and oxygen atoms in total. The van der Waals surface area contributed by atoms with E-state index in [0.717, 1.165) is 5.01 Å². The van der Waals surface area contributed by atoms with Crippen molar-refractivity contribution in [2.45, 2.75) is 18.8 Å². The summed E-state index contributed by atoms with van der Waals surface area (Å²) < 4.78 is 0. The Morgan fingerprint density at radius 3 is 2.92 bits per heavy atom. The Morgan fingerprint density at radius 2 is 2.33 bits per heavy atom. The summed E-state index contributed by atoms with van der Waals surface area (Å²) in [5.74, 6) is 3.10. The third-order valence-electron chi connectivity index (χ3n) is 1.97. The maximum Gasteiger partial charge on any atom is 0.203 e. The normalized spacial score (nSPS) is 24.2. The minimum Gasteiger partial charge on any atom is -0.374 e. The van der Waals surface area contributed by atoms with Crippen LogP contribution in [-0.2, 0) is 0 Å². The van der Waals surface area contributed by atoms with Crippen molar-refractivity contribution in [1.29, 1.82) is 0 Å². The van der Waals surface area contributed by atoms with Gasteiger partial charge >= 0.3 is 0 Å². The van der Waals surface area contributed by atoms with Gasteiger partial charge in [-0.2, -0.15) is 11.8 Å². The molecule has 0 aromatic carbocycles. The molecule has 1 fully saturated rings. The fourth-order valence-corrected chi connectivity index (χ4v) is 3.34. The molecular formula is C7H11N3S2. The van der Waals surface area contributed by atoms with E-state index in [2.05, 4.69) is 10.2 Å². The molecule has 0 amide bonds. The number of thioether (sulfide) groups is 1. The van der Waals surface area contributed by atoms with Crippen molar-refractivity contribution in [2.75, 3.05) is 17.2 Å². The maximum atomic E-state index is 5.52. The molecule has 5 heteroatoms. The molecule has 1 unspecified atom stereocenters. The number of hydrogen-bond acceptors (Lipinski definition) is 5. The summed E-state index contributed by atoms with van der Waals surface area (Å²) in [6, 6.07) is 0. The van der Waals surface area contributed by atoms with Gasteiger partial charge in [0, 0.05) is 11.7 Å². The van der Waals surface area contributed by atoms with Gasteiger partial charge in [-0.05, 0) is 18.6 Å². The van der Waals surface area contributed by atoms with E-state index >= 15 is 0 Å². The predicted molar refractivity (Wildman–Crippen MR) is 53.6 cm³/mol. The summed E-state index contributed by atoms with van der Waals surface area (Å²) in [5.41, 5.74) is 5.52. The lowest BCUT2D eigenvalue weighted by molar-refractivity contribution is 0.649. The first kappa shape index (κ1) is 8.31. The second kappa shape index (κ2) is 3.62. The molecular weight excluding hydrogens is 190 g/mol. The third kappa shape index (κ3) is 1.72. The Morgan fingerprint density at radius 1 is 1.42 bits per heavy atom. The molecule has 66 valence electrons. The van der Waals surface area contributed by atoms with Gasteiger partial charge in [0.15, 0.2) is 0 Å². The van der Waals surface area contributed by atoms with Crippen molar-refractivity contribution >= 4 is 28.2 Å². The maximum absolute atomic E-state index is 5.52. The molecule has 0 aliphatic carbocycles. The van der Waals surface area contributed by atoms with Crippen LogP contribution in [-0.4, -0.2) is 21.7 Å². The Kier molecular flexibility index (Phi) is 2.51. The lowest BCUT2D eigenvalue weighted by Gasteiger charge is -2.17. The van der Waals surface area contributed by atoms with E-state index in [0.29, 0.717) is 11.0 Å². The van der Waals surface area contributed by atoms with Gasteiger partial charge in [0.25, 0.3) is 0 Å². The highest BCUT2D eigenvalue weighted by Crippen LogP contribution is 2.32. The van der Waals surface area contributed by atoms with Gasteiger partial charge in [-0.1, -0.05) is 11.3 Å². The number of rotatable bonds is 1. The molecule has 0 saturated carbocycles. The second-order valence-electron chi connectivity index (χ2n) is 2.89. The molecule has 1 aliphatic heterocycles. The molecule has 0 spiro atoms. The van der Waals surface area contributed by atoms with Crippen LogP contribution in [0.2, 0.25) is 0 Å². The van der Waals surface area contributed by atoms with Crippen LogP contribution in [0.1, 0.15) is 23.8 Å². The average molecular weight is 201 g/mol. The van der Waals surface area contributed by atoms with Gasteiger partial charge in [-0.15, -0.1) is 10.2 Å². The summed E-state index contributed by atoms with van der Waals surface area (Å²) in [6.07, 6.45) is 2.55. The number of hydrogen-bond donors (Lipinski definition) is 1. The average Bonchev–Trinajstić information content (AvgIpc) is 2.54. The fraction of sp³-hybridized carbons (Fsp3) is 0.714. The minimum atomic E-state index is 0.598. The van der Waals surface area contributed by atoms with Crippen molar-refractivity contribution in [2.24, 2.45) is 0 Å². The first-order valence-electron chi connectivity index (χ1n) is 4.03. The lowest BCUT2D eigenvalue weighted by Crippen LogP contribution is -2.08. The Labute approximate surface area is 79.8 Å². The number of aromatic nitrogens is 2. The molecule has 2 heterocycles. The Balaban J connectivity index is 2.08. The van der Waals surface area contributed by atoms with E-state index in [4.69, 9.17) is 5.73 Å². The van der Waals surface area contributed by atoms with Gasteiger partial charge in [0.1, 0.15) is 5.01 Å². The largest absolute Gasteiger partial charge is 0.374 e. The zero-order chi connectivity index (χ0) is 8.39. The third-order valence-corrected chi connectivity index (χ3v) is 4.10. The van der Waals surface area contributed by atoms with Gasteiger partial charge < -0.3 is 5.73 Å². The molecule has 12 heavy (non-hydrogen) atoms. The highest BCUT2D eigenvalue weighted by atomic mass is 32.2. The molecule has 1 atom stereocenters.